The van der Waals surface area contributed by atoms with E-state index in [1.165, 1.54) is 60.7 Å². The summed E-state index contributed by atoms with van der Waals surface area (Å²) in [4.78, 5) is 67.6. The van der Waals surface area contributed by atoms with Crippen LogP contribution in [-0.4, -0.2) is 46.0 Å². The highest BCUT2D eigenvalue weighted by molar-refractivity contribution is 9.15. The lowest BCUT2D eigenvalue weighted by Crippen LogP contribution is -2.51. The Kier molecular flexibility index (Phi) is 10.7. The molecule has 0 fully saturated rings. The number of fused-ring (bicyclic) bond motifs is 1. The summed E-state index contributed by atoms with van der Waals surface area (Å²) in [6.45, 7) is -0.734. The molecule has 234 valence electrons. The maximum atomic E-state index is 13.9. The monoisotopic (exact) mass is 952 g/mol. The first-order valence-corrected chi connectivity index (χ1v) is 17.2. The van der Waals surface area contributed by atoms with Gasteiger partial charge < -0.3 is 4.74 Å². The summed E-state index contributed by atoms with van der Waals surface area (Å²) in [5, 5.41) is 2.01. The number of hydrogen-bond acceptors (Lipinski definition) is 6. The molecule has 8 nitrogen and oxygen atoms in total. The first-order valence-electron chi connectivity index (χ1n) is 12.5. The van der Waals surface area contributed by atoms with Crippen LogP contribution in [0.15, 0.2) is 78.6 Å². The Balaban J connectivity index is 1.46. The maximum Gasteiger partial charge on any atom is 0.345 e. The van der Waals surface area contributed by atoms with Crippen LogP contribution in [0.2, 0.25) is 20.1 Å². The van der Waals surface area contributed by atoms with Gasteiger partial charge in [0.2, 0.25) is 0 Å². The average molecular weight is 958 g/mol. The first kappa shape index (κ1) is 35.0. The fourth-order valence-corrected chi connectivity index (χ4v) is 7.56. The minimum Gasteiger partial charge on any atom is -0.423 e. The number of carbonyl (C=O) groups excluding carboxylic acids is 5. The van der Waals surface area contributed by atoms with E-state index in [-0.39, 0.29) is 57.6 Å². The number of benzene rings is 4. The number of hydrogen-bond donors (Lipinski definition) is 0. The van der Waals surface area contributed by atoms with Crippen molar-refractivity contribution in [2.24, 2.45) is 0 Å². The lowest BCUT2D eigenvalue weighted by Gasteiger charge is -2.29. The molecule has 46 heavy (non-hydrogen) atoms. The predicted octanol–water partition coefficient (Wildman–Crippen LogP) is 10.1. The van der Waals surface area contributed by atoms with Crippen LogP contribution in [0.5, 0.6) is 5.75 Å². The number of hydrazine groups is 1. The van der Waals surface area contributed by atoms with Crippen LogP contribution in [0.25, 0.3) is 0 Å². The van der Waals surface area contributed by atoms with E-state index in [9.17, 15) is 24.0 Å². The number of carbonyl (C=O) groups is 5. The Morgan fingerprint density at radius 2 is 1.24 bits per heavy atom. The zero-order valence-electron chi connectivity index (χ0n) is 22.3. The van der Waals surface area contributed by atoms with E-state index in [0.717, 1.165) is 5.01 Å². The molecule has 0 saturated carbocycles. The third kappa shape index (κ3) is 6.68. The zero-order chi connectivity index (χ0) is 33.6. The van der Waals surface area contributed by atoms with E-state index in [2.05, 4.69) is 63.7 Å². The number of esters is 1. The Labute approximate surface area is 314 Å². The van der Waals surface area contributed by atoms with Crippen molar-refractivity contribution < 1.29 is 28.7 Å². The number of Topliss-reactive ketones (excluding diaryl/α,β-unsaturated/α-hetero) is 1. The molecule has 0 atom stereocenters. The highest BCUT2D eigenvalue weighted by atomic mass is 79.9. The Bertz CT molecular complexity index is 1960. The molecule has 0 radical (unpaired) electrons. The van der Waals surface area contributed by atoms with Crippen molar-refractivity contribution in [2.45, 2.75) is 0 Å². The Morgan fingerprint density at radius 1 is 0.674 bits per heavy atom. The van der Waals surface area contributed by atoms with Gasteiger partial charge >= 0.3 is 5.97 Å². The molecule has 5 rings (SSSR count). The molecule has 4 aromatic rings. The highest BCUT2D eigenvalue weighted by Crippen LogP contribution is 2.45. The van der Waals surface area contributed by atoms with Gasteiger partial charge in [-0.15, -0.1) is 0 Å². The Hall–Kier alpha value is -2.29. The summed E-state index contributed by atoms with van der Waals surface area (Å²) in [5.41, 5.74) is 0.0700. The molecule has 3 amide bonds. The third-order valence-corrected chi connectivity index (χ3v) is 12.6. The molecule has 0 N–H and O–H groups in total. The third-order valence-electron chi connectivity index (χ3n) is 6.55. The van der Waals surface area contributed by atoms with E-state index in [4.69, 9.17) is 51.1 Å². The molecular weight excluding hydrogens is 946 g/mol. The summed E-state index contributed by atoms with van der Waals surface area (Å²) in [6.07, 6.45) is 0. The molecule has 4 aromatic carbocycles. The van der Waals surface area contributed by atoms with Crippen molar-refractivity contribution in [1.29, 1.82) is 0 Å². The largest absolute Gasteiger partial charge is 0.423 e. The summed E-state index contributed by atoms with van der Waals surface area (Å²) in [5.74, 6) is -3.89. The quantitative estimate of drug-likeness (QED) is 0.0457. The normalized spacial score (nSPS) is 12.3. The molecule has 1 heterocycles. The molecule has 0 aliphatic carbocycles. The minimum atomic E-state index is -0.878. The molecule has 0 spiro atoms. The van der Waals surface area contributed by atoms with Gasteiger partial charge in [0.1, 0.15) is 12.3 Å². The topological polar surface area (TPSA) is 101 Å². The molecule has 0 saturated heterocycles. The number of imide groups is 1. The lowest BCUT2D eigenvalue weighted by atomic mass is 10.1. The number of rotatable bonds is 7. The van der Waals surface area contributed by atoms with Gasteiger partial charge in [0.25, 0.3) is 17.7 Å². The Morgan fingerprint density at radius 3 is 1.78 bits per heavy atom. The van der Waals surface area contributed by atoms with E-state index in [1.54, 1.807) is 0 Å². The van der Waals surface area contributed by atoms with Crippen molar-refractivity contribution in [3.8, 4) is 5.75 Å². The molecule has 1 aliphatic heterocycles. The van der Waals surface area contributed by atoms with Crippen LogP contribution >= 0.6 is 110 Å². The van der Waals surface area contributed by atoms with Gasteiger partial charge in [-0.1, -0.05) is 46.4 Å². The molecule has 0 aromatic heterocycles. The number of ketones is 1. The number of amides is 3. The van der Waals surface area contributed by atoms with Crippen LogP contribution in [0.4, 0.5) is 0 Å². The number of nitrogens with zero attached hydrogens (tertiary/aromatic N) is 2. The van der Waals surface area contributed by atoms with Crippen molar-refractivity contribution in [3.05, 3.63) is 126 Å². The van der Waals surface area contributed by atoms with Crippen LogP contribution < -0.4 is 4.74 Å². The predicted molar refractivity (Wildman–Crippen MR) is 187 cm³/mol. The van der Waals surface area contributed by atoms with E-state index < -0.39 is 36.0 Å². The summed E-state index contributed by atoms with van der Waals surface area (Å²) >= 11 is 37.6. The zero-order valence-corrected chi connectivity index (χ0v) is 31.7. The standard InChI is InChI=1S/C30H12Br4Cl4N2O6/c31-23-21-22(24(32)26(34)25(23)33)29(44)40(28(21)43)39(27(42)13-3-8-17(36)19(38)9-13)11-20(41)12-1-5-15(6-2-12)46-30(45)16-7-4-14(35)10-18(16)37/h1-10H,11H2. The SMILES string of the molecule is O=C(CN(C(=O)c1ccc(Cl)c(Cl)c1)N1C(=O)c2c(Br)c(Br)c(Br)c(Br)c2C1=O)c1ccc(OC(=O)c2ccc(Cl)cc2Cl)cc1. The summed E-state index contributed by atoms with van der Waals surface area (Å²) in [6, 6.07) is 13.7. The van der Waals surface area contributed by atoms with E-state index >= 15 is 0 Å². The van der Waals surface area contributed by atoms with E-state index in [0.29, 0.717) is 19.0 Å². The van der Waals surface area contributed by atoms with Gasteiger partial charge in [0.05, 0.1) is 31.8 Å². The number of halogens is 8. The van der Waals surface area contributed by atoms with Crippen molar-refractivity contribution in [1.82, 2.24) is 10.0 Å². The van der Waals surface area contributed by atoms with Gasteiger partial charge in [-0.3, -0.25) is 19.2 Å². The molecule has 0 unspecified atom stereocenters. The van der Waals surface area contributed by atoms with Gasteiger partial charge in [0.15, 0.2) is 5.78 Å². The second kappa shape index (κ2) is 14.1. The van der Waals surface area contributed by atoms with Gasteiger partial charge in [0, 0.05) is 34.0 Å². The highest BCUT2D eigenvalue weighted by Gasteiger charge is 2.46. The van der Waals surface area contributed by atoms with Crippen LogP contribution in [0.3, 0.4) is 0 Å². The van der Waals surface area contributed by atoms with Crippen LogP contribution in [0, 0.1) is 0 Å². The smallest absolute Gasteiger partial charge is 0.345 e. The molecule has 1 aliphatic rings. The van der Waals surface area contributed by atoms with Crippen molar-refractivity contribution in [2.75, 3.05) is 6.54 Å². The van der Waals surface area contributed by atoms with Gasteiger partial charge in [-0.05, 0) is 124 Å². The van der Waals surface area contributed by atoms with Crippen molar-refractivity contribution >= 4 is 140 Å². The molecule has 0 bridgehead atoms. The van der Waals surface area contributed by atoms with E-state index in [1.807, 2.05) is 0 Å². The number of ether oxygens (including phenoxy) is 1. The van der Waals surface area contributed by atoms with Gasteiger partial charge in [-0.2, -0.15) is 5.01 Å². The van der Waals surface area contributed by atoms with Gasteiger partial charge in [-0.25, -0.2) is 9.80 Å². The minimum absolute atomic E-state index is 0.0294. The fourth-order valence-electron chi connectivity index (χ4n) is 4.32. The first-order chi connectivity index (χ1) is 21.7. The van der Waals surface area contributed by atoms with Crippen LogP contribution in [0.1, 0.15) is 51.8 Å². The average Bonchev–Trinajstić information content (AvgIpc) is 3.28. The second-order valence-corrected chi connectivity index (χ2v) is 14.2. The van der Waals surface area contributed by atoms with Crippen LogP contribution in [-0.2, 0) is 0 Å². The fraction of sp³-hybridized carbons (Fsp3) is 0.0333. The summed E-state index contributed by atoms with van der Waals surface area (Å²) < 4.78 is 6.77. The lowest BCUT2D eigenvalue weighted by molar-refractivity contribution is 0.00526. The maximum absolute atomic E-state index is 13.9. The van der Waals surface area contributed by atoms with Crippen molar-refractivity contribution in [3.63, 3.8) is 0 Å². The summed E-state index contributed by atoms with van der Waals surface area (Å²) in [7, 11) is 0. The second-order valence-electron chi connectivity index (χ2n) is 9.38. The molecular formula is C30H12Br4Cl4N2O6. The molecule has 16 heteroatoms.